The maximum absolute atomic E-state index is 13.2. The summed E-state index contributed by atoms with van der Waals surface area (Å²) in [6.07, 6.45) is 3.61. The fourth-order valence-corrected chi connectivity index (χ4v) is 5.22. The van der Waals surface area contributed by atoms with Crippen molar-refractivity contribution in [3.8, 4) is 11.1 Å². The number of carbonyl (C=O) groups is 2. The number of nitrogens with one attached hydrogen (secondary N) is 3. The van der Waals surface area contributed by atoms with Gasteiger partial charge in [0, 0.05) is 23.0 Å². The summed E-state index contributed by atoms with van der Waals surface area (Å²) in [4.78, 5) is 32.9. The van der Waals surface area contributed by atoms with Gasteiger partial charge in [-0.05, 0) is 72.9 Å². The van der Waals surface area contributed by atoms with Crippen molar-refractivity contribution in [3.05, 3.63) is 83.8 Å². The molecule has 180 valence electrons. The quantitative estimate of drug-likeness (QED) is 0.252. The molecule has 3 aromatic carbocycles. The zero-order chi connectivity index (χ0) is 24.8. The van der Waals surface area contributed by atoms with Gasteiger partial charge in [-0.25, -0.2) is 9.37 Å². The van der Waals surface area contributed by atoms with Crippen LogP contribution in [-0.4, -0.2) is 21.8 Å². The molecule has 6 rings (SSSR count). The molecular weight excluding hydrogens is 475 g/mol. The molecule has 2 heterocycles. The lowest BCUT2D eigenvalue weighted by atomic mass is 10.0. The van der Waals surface area contributed by atoms with Crippen LogP contribution in [0, 0.1) is 11.7 Å². The number of aromatic amines is 1. The van der Waals surface area contributed by atoms with Crippen LogP contribution in [0.2, 0.25) is 0 Å². The average Bonchev–Trinajstić information content (AvgIpc) is 3.52. The van der Waals surface area contributed by atoms with Gasteiger partial charge in [-0.15, -0.1) is 0 Å². The monoisotopic (exact) mass is 498 g/mol. The Bertz CT molecular complexity index is 1620. The number of thiazole rings is 1. The fraction of sp³-hybridized carbons (Fsp3) is 0.179. The molecule has 3 N–H and O–H groups in total. The number of rotatable bonds is 6. The van der Waals surface area contributed by atoms with Crippen molar-refractivity contribution in [2.24, 2.45) is 5.92 Å². The first-order valence-electron chi connectivity index (χ1n) is 11.8. The molecule has 1 aliphatic rings. The van der Waals surface area contributed by atoms with Crippen LogP contribution in [0.25, 0.3) is 32.2 Å². The summed E-state index contributed by atoms with van der Waals surface area (Å²) in [5, 5.41) is 7.36. The van der Waals surface area contributed by atoms with Crippen molar-refractivity contribution in [3.63, 3.8) is 0 Å². The van der Waals surface area contributed by atoms with Crippen molar-refractivity contribution in [1.82, 2.24) is 15.3 Å². The van der Waals surface area contributed by atoms with E-state index in [9.17, 15) is 14.0 Å². The highest BCUT2D eigenvalue weighted by molar-refractivity contribution is 7.22. The van der Waals surface area contributed by atoms with E-state index in [0.29, 0.717) is 10.7 Å². The van der Waals surface area contributed by atoms with Gasteiger partial charge in [0.1, 0.15) is 5.82 Å². The number of benzene rings is 3. The molecule has 2 amide bonds. The van der Waals surface area contributed by atoms with Gasteiger partial charge in [-0.1, -0.05) is 35.6 Å². The van der Waals surface area contributed by atoms with Gasteiger partial charge in [0.2, 0.25) is 5.91 Å². The number of nitrogens with zero attached hydrogens (tertiary/aromatic N) is 1. The fourth-order valence-electron chi connectivity index (χ4n) is 4.31. The summed E-state index contributed by atoms with van der Waals surface area (Å²) < 4.78 is 14.2. The third-order valence-corrected chi connectivity index (χ3v) is 7.48. The van der Waals surface area contributed by atoms with Crippen molar-refractivity contribution in [1.29, 1.82) is 0 Å². The first-order chi connectivity index (χ1) is 17.4. The van der Waals surface area contributed by atoms with Crippen molar-refractivity contribution < 1.29 is 14.0 Å². The topological polar surface area (TPSA) is 86.9 Å². The maximum Gasteiger partial charge on any atom is 0.253 e. The zero-order valence-electron chi connectivity index (χ0n) is 19.5. The van der Waals surface area contributed by atoms with Crippen LogP contribution in [0.3, 0.4) is 0 Å². The molecule has 36 heavy (non-hydrogen) atoms. The van der Waals surface area contributed by atoms with Gasteiger partial charge >= 0.3 is 0 Å². The number of halogens is 1. The van der Waals surface area contributed by atoms with E-state index < -0.39 is 0 Å². The lowest BCUT2D eigenvalue weighted by Crippen LogP contribution is -2.26. The number of fused-ring (bicyclic) bond motifs is 2. The summed E-state index contributed by atoms with van der Waals surface area (Å²) in [6, 6.07) is 17.8. The standard InChI is InChI=1S/C28H23FN4O2S/c1-15(16-4-8-20(29)9-5-16)31-27(35)22-14-30-23-10-6-18(12-21(22)23)19-7-11-24-25(13-19)36-28(32-24)33-26(34)17-2-3-17/h4-15,17,30H,2-3H2,1H3,(H,31,35)(H,32,33,34)/t15-/m1/s1. The molecule has 5 aromatic rings. The molecule has 0 bridgehead atoms. The Morgan fingerprint density at radius 1 is 1.06 bits per heavy atom. The number of carbonyl (C=O) groups excluding carboxylic acids is 2. The van der Waals surface area contributed by atoms with Crippen LogP contribution in [0.1, 0.15) is 41.7 Å². The molecule has 1 atom stereocenters. The summed E-state index contributed by atoms with van der Waals surface area (Å²) in [6.45, 7) is 1.87. The maximum atomic E-state index is 13.2. The van der Waals surface area contributed by atoms with Gasteiger partial charge < -0.3 is 15.6 Å². The lowest BCUT2D eigenvalue weighted by molar-refractivity contribution is -0.117. The number of anilines is 1. The minimum absolute atomic E-state index is 0.0479. The molecule has 0 aliphatic heterocycles. The van der Waals surface area contributed by atoms with E-state index in [1.807, 2.05) is 37.3 Å². The van der Waals surface area contributed by atoms with Gasteiger partial charge in [0.15, 0.2) is 5.13 Å². The highest BCUT2D eigenvalue weighted by Gasteiger charge is 2.30. The number of aromatic nitrogens is 2. The molecule has 2 aromatic heterocycles. The highest BCUT2D eigenvalue weighted by Crippen LogP contribution is 2.34. The first kappa shape index (κ1) is 22.4. The molecule has 0 spiro atoms. The predicted molar refractivity (Wildman–Crippen MR) is 141 cm³/mol. The third kappa shape index (κ3) is 4.35. The number of hydrogen-bond acceptors (Lipinski definition) is 4. The average molecular weight is 499 g/mol. The van der Waals surface area contributed by atoms with Crippen molar-refractivity contribution >= 4 is 49.4 Å². The van der Waals surface area contributed by atoms with E-state index in [0.717, 1.165) is 50.7 Å². The number of H-pyrrole nitrogens is 1. The van der Waals surface area contributed by atoms with E-state index in [2.05, 4.69) is 26.7 Å². The number of hydrogen-bond donors (Lipinski definition) is 3. The summed E-state index contributed by atoms with van der Waals surface area (Å²) in [5.74, 6) is -0.334. The minimum atomic E-state index is -0.308. The Balaban J connectivity index is 1.26. The lowest BCUT2D eigenvalue weighted by Gasteiger charge is -2.14. The second-order valence-electron chi connectivity index (χ2n) is 9.17. The molecule has 8 heteroatoms. The third-order valence-electron chi connectivity index (χ3n) is 6.54. The normalized spacial score (nSPS) is 14.2. The Morgan fingerprint density at radius 2 is 1.81 bits per heavy atom. The van der Waals surface area contributed by atoms with E-state index in [1.165, 1.54) is 23.5 Å². The summed E-state index contributed by atoms with van der Waals surface area (Å²) in [7, 11) is 0. The molecule has 0 unspecified atom stereocenters. The second-order valence-corrected chi connectivity index (χ2v) is 10.2. The summed E-state index contributed by atoms with van der Waals surface area (Å²) >= 11 is 1.46. The molecule has 1 saturated carbocycles. The van der Waals surface area contributed by atoms with Crippen LogP contribution in [-0.2, 0) is 4.79 Å². The molecule has 1 aliphatic carbocycles. The predicted octanol–water partition coefficient (Wildman–Crippen LogP) is 6.42. The molecule has 0 radical (unpaired) electrons. The number of amides is 2. The Morgan fingerprint density at radius 3 is 2.58 bits per heavy atom. The van der Waals surface area contributed by atoms with Crippen LogP contribution < -0.4 is 10.6 Å². The van der Waals surface area contributed by atoms with Crippen molar-refractivity contribution in [2.45, 2.75) is 25.8 Å². The van der Waals surface area contributed by atoms with Gasteiger partial charge in [0.25, 0.3) is 5.91 Å². The van der Waals surface area contributed by atoms with E-state index in [4.69, 9.17) is 0 Å². The smallest absolute Gasteiger partial charge is 0.253 e. The van der Waals surface area contributed by atoms with Crippen LogP contribution in [0.15, 0.2) is 66.9 Å². The minimum Gasteiger partial charge on any atom is -0.360 e. The van der Waals surface area contributed by atoms with Gasteiger partial charge in [0.05, 0.1) is 21.8 Å². The van der Waals surface area contributed by atoms with Gasteiger partial charge in [-0.2, -0.15) is 0 Å². The van der Waals surface area contributed by atoms with Crippen LogP contribution >= 0.6 is 11.3 Å². The molecule has 0 saturated heterocycles. The van der Waals surface area contributed by atoms with Crippen LogP contribution in [0.5, 0.6) is 0 Å². The Hall–Kier alpha value is -4.04. The summed E-state index contributed by atoms with van der Waals surface area (Å²) in [5.41, 5.74) is 5.05. The molecule has 6 nitrogen and oxygen atoms in total. The van der Waals surface area contributed by atoms with Gasteiger partial charge in [-0.3, -0.25) is 9.59 Å². The Labute approximate surface area is 210 Å². The van der Waals surface area contributed by atoms with E-state index in [1.54, 1.807) is 18.3 Å². The Kier molecular flexibility index (Phi) is 5.53. The zero-order valence-corrected chi connectivity index (χ0v) is 20.3. The highest BCUT2D eigenvalue weighted by atomic mass is 32.1. The second kappa shape index (κ2) is 8.87. The first-order valence-corrected chi connectivity index (χ1v) is 12.7. The van der Waals surface area contributed by atoms with Crippen LogP contribution in [0.4, 0.5) is 9.52 Å². The van der Waals surface area contributed by atoms with E-state index in [-0.39, 0.29) is 29.6 Å². The van der Waals surface area contributed by atoms with Crippen molar-refractivity contribution in [2.75, 3.05) is 5.32 Å². The van der Waals surface area contributed by atoms with E-state index >= 15 is 0 Å². The SMILES string of the molecule is C[C@@H](NC(=O)c1c[nH]c2ccc(-c3ccc4nc(NC(=O)C5CC5)sc4c3)cc12)c1ccc(F)cc1. The molecular formula is C28H23FN4O2S. The molecule has 1 fully saturated rings. The largest absolute Gasteiger partial charge is 0.360 e.